The second-order valence-corrected chi connectivity index (χ2v) is 4.87. The number of aromatic nitrogens is 2. The average molecular weight is 281 g/mol. The van der Waals surface area contributed by atoms with Gasteiger partial charge in [-0.3, -0.25) is 0 Å². The number of benzene rings is 2. The smallest absolute Gasteiger partial charge is 0.0927 e. The second-order valence-electron chi connectivity index (χ2n) is 4.43. The van der Waals surface area contributed by atoms with Crippen LogP contribution in [0.4, 0.5) is 0 Å². The molecule has 2 aromatic carbocycles. The molecule has 1 aromatic heterocycles. The van der Waals surface area contributed by atoms with E-state index in [1.54, 1.807) is 6.33 Å². The number of rotatable bonds is 3. The van der Waals surface area contributed by atoms with Gasteiger partial charge in [-0.2, -0.15) is 0 Å². The van der Waals surface area contributed by atoms with Gasteiger partial charge in [-0.05, 0) is 29.3 Å². The molecule has 0 aliphatic rings. The molecule has 0 radical (unpaired) electrons. The Bertz CT molecular complexity index is 716. The van der Waals surface area contributed by atoms with Crippen molar-refractivity contribution in [2.24, 2.45) is 0 Å². The summed E-state index contributed by atoms with van der Waals surface area (Å²) in [6.07, 6.45) is 5.68. The number of H-pyrrole nitrogens is 1. The van der Waals surface area contributed by atoms with Crippen molar-refractivity contribution in [2.75, 3.05) is 0 Å². The lowest BCUT2D eigenvalue weighted by molar-refractivity contribution is 1.30. The molecule has 0 saturated carbocycles. The normalized spacial score (nSPS) is 11.6. The zero-order valence-corrected chi connectivity index (χ0v) is 11.5. The lowest BCUT2D eigenvalue weighted by Crippen LogP contribution is -1.88. The van der Waals surface area contributed by atoms with E-state index < -0.39 is 0 Å². The summed E-state index contributed by atoms with van der Waals surface area (Å²) in [7, 11) is 0. The van der Waals surface area contributed by atoms with Gasteiger partial charge in [0.15, 0.2) is 0 Å². The number of nitrogens with zero attached hydrogens (tertiary/aromatic N) is 1. The minimum Gasteiger partial charge on any atom is -0.351 e. The predicted molar refractivity (Wildman–Crippen MR) is 83.5 cm³/mol. The molecule has 1 N–H and O–H groups in total. The minimum atomic E-state index is 0.719. The van der Waals surface area contributed by atoms with E-state index in [0.29, 0.717) is 0 Å². The van der Waals surface area contributed by atoms with Gasteiger partial charge in [0.25, 0.3) is 0 Å². The first kappa shape index (κ1) is 12.7. The summed E-state index contributed by atoms with van der Waals surface area (Å²) in [5, 5.41) is 0.719. The third kappa shape index (κ3) is 2.81. The zero-order valence-electron chi connectivity index (χ0n) is 10.8. The van der Waals surface area contributed by atoms with Crippen LogP contribution in [0.15, 0.2) is 67.1 Å². The maximum atomic E-state index is 6.10. The maximum Gasteiger partial charge on any atom is 0.0927 e. The highest BCUT2D eigenvalue weighted by Gasteiger charge is 2.07. The van der Waals surface area contributed by atoms with Crippen LogP contribution in [0.1, 0.15) is 16.8 Å². The number of hydrogen-bond donors (Lipinski definition) is 1. The molecular formula is C17H13ClN2. The van der Waals surface area contributed by atoms with Crippen molar-refractivity contribution in [3.8, 4) is 0 Å². The van der Waals surface area contributed by atoms with Crippen LogP contribution in [-0.4, -0.2) is 9.97 Å². The molecule has 0 spiro atoms. The Labute approximate surface area is 122 Å². The van der Waals surface area contributed by atoms with Gasteiger partial charge in [0.1, 0.15) is 0 Å². The lowest BCUT2D eigenvalue weighted by atomic mass is 10.0. The first-order valence-corrected chi connectivity index (χ1v) is 6.72. The molecule has 0 atom stereocenters. The van der Waals surface area contributed by atoms with Gasteiger partial charge in [-0.1, -0.05) is 54.1 Å². The Morgan fingerprint density at radius 1 is 1.05 bits per heavy atom. The van der Waals surface area contributed by atoms with Crippen LogP contribution in [0.25, 0.3) is 11.6 Å². The van der Waals surface area contributed by atoms with Gasteiger partial charge in [0.05, 0.1) is 12.0 Å². The van der Waals surface area contributed by atoms with Gasteiger partial charge in [0, 0.05) is 16.8 Å². The number of hydrogen-bond acceptors (Lipinski definition) is 1. The first-order chi connectivity index (χ1) is 9.83. The van der Waals surface area contributed by atoms with E-state index in [-0.39, 0.29) is 0 Å². The number of aromatic amines is 1. The van der Waals surface area contributed by atoms with Crippen molar-refractivity contribution in [1.29, 1.82) is 0 Å². The van der Waals surface area contributed by atoms with Crippen molar-refractivity contribution in [1.82, 2.24) is 9.97 Å². The van der Waals surface area contributed by atoms with E-state index >= 15 is 0 Å². The summed E-state index contributed by atoms with van der Waals surface area (Å²) in [4.78, 5) is 7.35. The SMILES string of the molecule is Clc1cccc(/C(=C/c2ccccc2)c2c[nH]cn2)c1. The molecule has 98 valence electrons. The fourth-order valence-electron chi connectivity index (χ4n) is 2.08. The van der Waals surface area contributed by atoms with Crippen LogP contribution >= 0.6 is 11.6 Å². The standard InChI is InChI=1S/C17H13ClN2/c18-15-8-4-7-14(10-15)16(17-11-19-12-20-17)9-13-5-2-1-3-6-13/h1-12H,(H,19,20)/b16-9-. The van der Waals surface area contributed by atoms with E-state index in [4.69, 9.17) is 11.6 Å². The fourth-order valence-corrected chi connectivity index (χ4v) is 2.27. The summed E-state index contributed by atoms with van der Waals surface area (Å²) in [6.45, 7) is 0. The molecule has 2 nitrogen and oxygen atoms in total. The molecule has 20 heavy (non-hydrogen) atoms. The highest BCUT2D eigenvalue weighted by Crippen LogP contribution is 2.26. The summed E-state index contributed by atoms with van der Waals surface area (Å²) in [6, 6.07) is 18.0. The highest BCUT2D eigenvalue weighted by atomic mass is 35.5. The number of imidazole rings is 1. The van der Waals surface area contributed by atoms with E-state index in [0.717, 1.165) is 27.4 Å². The van der Waals surface area contributed by atoms with E-state index in [9.17, 15) is 0 Å². The topological polar surface area (TPSA) is 28.7 Å². The lowest BCUT2D eigenvalue weighted by Gasteiger charge is -2.06. The van der Waals surface area contributed by atoms with Crippen LogP contribution in [0.5, 0.6) is 0 Å². The molecule has 3 rings (SSSR count). The summed E-state index contributed by atoms with van der Waals surface area (Å²) < 4.78 is 0. The van der Waals surface area contributed by atoms with Crippen LogP contribution in [-0.2, 0) is 0 Å². The molecule has 3 aromatic rings. The Balaban J connectivity index is 2.12. The van der Waals surface area contributed by atoms with Crippen molar-refractivity contribution >= 4 is 23.3 Å². The van der Waals surface area contributed by atoms with Gasteiger partial charge >= 0.3 is 0 Å². The first-order valence-electron chi connectivity index (χ1n) is 6.35. The monoisotopic (exact) mass is 280 g/mol. The molecule has 0 unspecified atom stereocenters. The van der Waals surface area contributed by atoms with Gasteiger partial charge in [-0.25, -0.2) is 4.98 Å². The Hall–Kier alpha value is -2.32. The number of halogens is 1. The molecule has 1 heterocycles. The van der Waals surface area contributed by atoms with Crippen LogP contribution < -0.4 is 0 Å². The Kier molecular flexibility index (Phi) is 3.66. The molecule has 0 fully saturated rings. The van der Waals surface area contributed by atoms with Crippen molar-refractivity contribution in [3.63, 3.8) is 0 Å². The molecular weight excluding hydrogens is 268 g/mol. The Morgan fingerprint density at radius 3 is 2.60 bits per heavy atom. The third-order valence-corrected chi connectivity index (χ3v) is 3.26. The fraction of sp³-hybridized carbons (Fsp3) is 0. The highest BCUT2D eigenvalue weighted by molar-refractivity contribution is 6.30. The molecule has 0 bridgehead atoms. The number of nitrogens with one attached hydrogen (secondary N) is 1. The van der Waals surface area contributed by atoms with E-state index in [1.807, 2.05) is 48.7 Å². The van der Waals surface area contributed by atoms with Crippen LogP contribution in [0.2, 0.25) is 5.02 Å². The minimum absolute atomic E-state index is 0.719. The summed E-state index contributed by atoms with van der Waals surface area (Å²) in [5.74, 6) is 0. The molecule has 0 aliphatic carbocycles. The largest absolute Gasteiger partial charge is 0.351 e. The summed E-state index contributed by atoms with van der Waals surface area (Å²) >= 11 is 6.10. The third-order valence-electron chi connectivity index (χ3n) is 3.02. The van der Waals surface area contributed by atoms with Gasteiger partial charge in [0.2, 0.25) is 0 Å². The van der Waals surface area contributed by atoms with Gasteiger partial charge in [-0.15, -0.1) is 0 Å². The molecule has 0 amide bonds. The Morgan fingerprint density at radius 2 is 1.90 bits per heavy atom. The average Bonchev–Trinajstić information content (AvgIpc) is 3.00. The zero-order chi connectivity index (χ0) is 13.8. The van der Waals surface area contributed by atoms with Crippen LogP contribution in [0, 0.1) is 0 Å². The summed E-state index contributed by atoms with van der Waals surface area (Å²) in [5.41, 5.74) is 4.12. The van der Waals surface area contributed by atoms with Gasteiger partial charge < -0.3 is 4.98 Å². The van der Waals surface area contributed by atoms with E-state index in [2.05, 4.69) is 28.2 Å². The van der Waals surface area contributed by atoms with E-state index in [1.165, 1.54) is 0 Å². The molecule has 3 heteroatoms. The van der Waals surface area contributed by atoms with Crippen molar-refractivity contribution < 1.29 is 0 Å². The molecule has 0 saturated heterocycles. The second kappa shape index (κ2) is 5.76. The quantitative estimate of drug-likeness (QED) is 0.695. The predicted octanol–water partition coefficient (Wildman–Crippen LogP) is 4.65. The maximum absolute atomic E-state index is 6.10. The van der Waals surface area contributed by atoms with Crippen molar-refractivity contribution in [2.45, 2.75) is 0 Å². The molecule has 0 aliphatic heterocycles. The van der Waals surface area contributed by atoms with Crippen molar-refractivity contribution in [3.05, 3.63) is 89.0 Å². The van der Waals surface area contributed by atoms with Crippen LogP contribution in [0.3, 0.4) is 0 Å².